The van der Waals surface area contributed by atoms with Crippen molar-refractivity contribution >= 4 is 0 Å². The van der Waals surface area contributed by atoms with Crippen LogP contribution in [0.3, 0.4) is 0 Å². The van der Waals surface area contributed by atoms with Gasteiger partial charge in [0.05, 0.1) is 11.7 Å². The van der Waals surface area contributed by atoms with Crippen LogP contribution in [0.1, 0.15) is 70.8 Å². The van der Waals surface area contributed by atoms with E-state index in [0.717, 1.165) is 25.3 Å². The third kappa shape index (κ3) is 7.19. The summed E-state index contributed by atoms with van der Waals surface area (Å²) in [5.41, 5.74) is -0.693. The van der Waals surface area contributed by atoms with E-state index in [-0.39, 0.29) is 11.9 Å². The van der Waals surface area contributed by atoms with Gasteiger partial charge in [-0.1, -0.05) is 57.6 Å². The summed E-state index contributed by atoms with van der Waals surface area (Å²) in [5, 5.41) is 0. The molecule has 0 saturated heterocycles. The van der Waals surface area contributed by atoms with Crippen LogP contribution in [-0.2, 0) is 6.18 Å². The molecule has 0 fully saturated rings. The highest BCUT2D eigenvalue weighted by molar-refractivity contribution is 5.35. The van der Waals surface area contributed by atoms with E-state index in [0.29, 0.717) is 0 Å². The average molecular weight is 316 g/mol. The van der Waals surface area contributed by atoms with Crippen molar-refractivity contribution in [1.82, 2.24) is 0 Å². The maximum Gasteiger partial charge on any atom is 0.419 e. The Morgan fingerprint density at radius 2 is 1.55 bits per heavy atom. The Kier molecular flexibility index (Phi) is 8.36. The van der Waals surface area contributed by atoms with Gasteiger partial charge >= 0.3 is 6.18 Å². The van der Waals surface area contributed by atoms with Crippen molar-refractivity contribution in [2.45, 2.75) is 77.5 Å². The van der Waals surface area contributed by atoms with Crippen LogP contribution < -0.4 is 4.74 Å². The van der Waals surface area contributed by atoms with Crippen LogP contribution in [0.5, 0.6) is 5.75 Å². The van der Waals surface area contributed by atoms with Gasteiger partial charge in [0.2, 0.25) is 0 Å². The molecule has 0 aliphatic carbocycles. The normalized spacial score (nSPS) is 13.1. The molecule has 1 aromatic rings. The lowest BCUT2D eigenvalue weighted by atomic mass is 10.1. The van der Waals surface area contributed by atoms with E-state index in [1.165, 1.54) is 44.2 Å². The molecule has 1 unspecified atom stereocenters. The van der Waals surface area contributed by atoms with E-state index in [1.54, 1.807) is 6.07 Å². The summed E-state index contributed by atoms with van der Waals surface area (Å²) >= 11 is 0. The second-order valence-electron chi connectivity index (χ2n) is 5.83. The number of alkyl halides is 3. The first-order valence-electron chi connectivity index (χ1n) is 8.28. The Morgan fingerprint density at radius 1 is 0.955 bits per heavy atom. The predicted octanol–water partition coefficient (Wildman–Crippen LogP) is 6.61. The van der Waals surface area contributed by atoms with Crippen molar-refractivity contribution in [2.75, 3.05) is 0 Å². The van der Waals surface area contributed by atoms with Crippen LogP contribution >= 0.6 is 0 Å². The maximum atomic E-state index is 12.9. The molecule has 4 heteroatoms. The van der Waals surface area contributed by atoms with Crippen molar-refractivity contribution in [3.63, 3.8) is 0 Å². The molecule has 22 heavy (non-hydrogen) atoms. The minimum absolute atomic E-state index is 0.0644. The molecule has 0 saturated carbocycles. The summed E-state index contributed by atoms with van der Waals surface area (Å²) in [6.07, 6.45) is 4.61. The van der Waals surface area contributed by atoms with Gasteiger partial charge in [0.25, 0.3) is 0 Å². The van der Waals surface area contributed by atoms with Gasteiger partial charge < -0.3 is 4.74 Å². The molecule has 0 aromatic heterocycles. The van der Waals surface area contributed by atoms with Crippen LogP contribution in [0.25, 0.3) is 0 Å². The highest BCUT2D eigenvalue weighted by atomic mass is 19.4. The van der Waals surface area contributed by atoms with Crippen molar-refractivity contribution in [2.24, 2.45) is 0 Å². The van der Waals surface area contributed by atoms with E-state index in [4.69, 9.17) is 4.74 Å². The Morgan fingerprint density at radius 3 is 2.18 bits per heavy atom. The van der Waals surface area contributed by atoms with Crippen LogP contribution in [-0.4, -0.2) is 6.10 Å². The summed E-state index contributed by atoms with van der Waals surface area (Å²) < 4.78 is 44.1. The first kappa shape index (κ1) is 18.9. The SMILES string of the molecule is CCCCCCCCCC(C)Oc1ccccc1C(F)(F)F. The average Bonchev–Trinajstić information content (AvgIpc) is 2.46. The molecular formula is C18H27F3O. The topological polar surface area (TPSA) is 9.23 Å². The van der Waals surface area contributed by atoms with Gasteiger partial charge in [0.1, 0.15) is 5.75 Å². The number of hydrogen-bond acceptors (Lipinski definition) is 1. The fourth-order valence-corrected chi connectivity index (χ4v) is 2.47. The number of ether oxygens (including phenoxy) is 1. The van der Waals surface area contributed by atoms with E-state index in [2.05, 4.69) is 6.92 Å². The van der Waals surface area contributed by atoms with Gasteiger partial charge in [-0.15, -0.1) is 0 Å². The first-order valence-corrected chi connectivity index (χ1v) is 8.28. The standard InChI is InChI=1S/C18H27F3O/c1-3-4-5-6-7-8-9-12-15(2)22-17-14-11-10-13-16(17)18(19,20)21/h10-11,13-15H,3-9,12H2,1-2H3. The Balaban J connectivity index is 2.32. The quantitative estimate of drug-likeness (QED) is 0.441. The van der Waals surface area contributed by atoms with Gasteiger partial charge in [-0.05, 0) is 31.9 Å². The molecule has 1 rings (SSSR count). The van der Waals surface area contributed by atoms with Gasteiger partial charge in [0, 0.05) is 0 Å². The zero-order valence-electron chi connectivity index (χ0n) is 13.6. The number of unbranched alkanes of at least 4 members (excludes halogenated alkanes) is 6. The fraction of sp³-hybridized carbons (Fsp3) is 0.667. The molecule has 0 N–H and O–H groups in total. The third-order valence-corrected chi connectivity index (χ3v) is 3.73. The smallest absolute Gasteiger partial charge is 0.419 e. The van der Waals surface area contributed by atoms with Crippen molar-refractivity contribution in [1.29, 1.82) is 0 Å². The van der Waals surface area contributed by atoms with Crippen molar-refractivity contribution in [3.05, 3.63) is 29.8 Å². The Labute approximate surface area is 131 Å². The maximum absolute atomic E-state index is 12.9. The highest BCUT2D eigenvalue weighted by Crippen LogP contribution is 2.36. The Bertz CT molecular complexity index is 415. The van der Waals surface area contributed by atoms with Crippen LogP contribution in [0.4, 0.5) is 13.2 Å². The lowest BCUT2D eigenvalue weighted by Gasteiger charge is -2.18. The zero-order chi connectivity index (χ0) is 16.4. The molecule has 1 atom stereocenters. The molecule has 0 heterocycles. The minimum Gasteiger partial charge on any atom is -0.490 e. The monoisotopic (exact) mass is 316 g/mol. The van der Waals surface area contributed by atoms with E-state index in [9.17, 15) is 13.2 Å². The molecule has 1 aromatic carbocycles. The zero-order valence-corrected chi connectivity index (χ0v) is 13.6. The third-order valence-electron chi connectivity index (χ3n) is 3.73. The summed E-state index contributed by atoms with van der Waals surface area (Å²) in [5.74, 6) is -0.0644. The van der Waals surface area contributed by atoms with Crippen LogP contribution in [0.15, 0.2) is 24.3 Å². The molecule has 0 aliphatic rings. The highest BCUT2D eigenvalue weighted by Gasteiger charge is 2.34. The molecular weight excluding hydrogens is 289 g/mol. The number of benzene rings is 1. The molecule has 0 spiro atoms. The lowest BCUT2D eigenvalue weighted by molar-refractivity contribution is -0.139. The summed E-state index contributed by atoms with van der Waals surface area (Å²) in [4.78, 5) is 0. The van der Waals surface area contributed by atoms with Crippen molar-refractivity contribution < 1.29 is 17.9 Å². The lowest BCUT2D eigenvalue weighted by Crippen LogP contribution is -2.15. The van der Waals surface area contributed by atoms with Crippen LogP contribution in [0.2, 0.25) is 0 Å². The number of para-hydroxylation sites is 1. The molecule has 126 valence electrons. The molecule has 1 nitrogen and oxygen atoms in total. The summed E-state index contributed by atoms with van der Waals surface area (Å²) in [6, 6.07) is 5.42. The molecule has 0 radical (unpaired) electrons. The van der Waals surface area contributed by atoms with Gasteiger partial charge in [-0.25, -0.2) is 0 Å². The summed E-state index contributed by atoms with van der Waals surface area (Å²) in [6.45, 7) is 4.03. The second-order valence-corrected chi connectivity index (χ2v) is 5.83. The van der Waals surface area contributed by atoms with Crippen LogP contribution in [0, 0.1) is 0 Å². The molecule has 0 aliphatic heterocycles. The minimum atomic E-state index is -4.37. The van der Waals surface area contributed by atoms with Gasteiger partial charge in [-0.3, -0.25) is 0 Å². The summed E-state index contributed by atoms with van der Waals surface area (Å²) in [7, 11) is 0. The second kappa shape index (κ2) is 9.75. The Hall–Kier alpha value is -1.19. The first-order chi connectivity index (χ1) is 10.4. The molecule has 0 bridgehead atoms. The van der Waals surface area contributed by atoms with E-state index in [1.807, 2.05) is 6.92 Å². The van der Waals surface area contributed by atoms with Gasteiger partial charge in [-0.2, -0.15) is 13.2 Å². The number of halogens is 3. The number of rotatable bonds is 10. The fourth-order valence-electron chi connectivity index (χ4n) is 2.47. The van der Waals surface area contributed by atoms with E-state index >= 15 is 0 Å². The van der Waals surface area contributed by atoms with Crippen molar-refractivity contribution in [3.8, 4) is 5.75 Å². The van der Waals surface area contributed by atoms with E-state index < -0.39 is 11.7 Å². The predicted molar refractivity (Wildman–Crippen MR) is 84.1 cm³/mol. The largest absolute Gasteiger partial charge is 0.490 e. The number of hydrogen-bond donors (Lipinski definition) is 0. The molecule has 0 amide bonds. The van der Waals surface area contributed by atoms with Gasteiger partial charge in [0.15, 0.2) is 0 Å².